The van der Waals surface area contributed by atoms with Crippen molar-refractivity contribution in [2.24, 2.45) is 0 Å². The van der Waals surface area contributed by atoms with Gasteiger partial charge in [-0.3, -0.25) is 10.1 Å². The highest BCUT2D eigenvalue weighted by Crippen LogP contribution is 2.30. The van der Waals surface area contributed by atoms with Crippen LogP contribution in [-0.2, 0) is 13.2 Å². The van der Waals surface area contributed by atoms with E-state index in [1.54, 1.807) is 12.1 Å². The molecular formula is C27H24BrN3O5. The minimum Gasteiger partial charge on any atom is -0.490 e. The summed E-state index contributed by atoms with van der Waals surface area (Å²) in [5.41, 5.74) is 2.70. The predicted octanol–water partition coefficient (Wildman–Crippen LogP) is 6.40. The first kappa shape index (κ1) is 25.0. The van der Waals surface area contributed by atoms with Crippen LogP contribution in [0, 0.1) is 10.1 Å². The summed E-state index contributed by atoms with van der Waals surface area (Å²) in [7, 11) is 0. The number of benzene rings is 3. The summed E-state index contributed by atoms with van der Waals surface area (Å²) in [4.78, 5) is 15.1. The van der Waals surface area contributed by atoms with Crippen LogP contribution in [-0.4, -0.2) is 23.1 Å². The number of pyridine rings is 1. The molecule has 4 aromatic rings. The van der Waals surface area contributed by atoms with Crippen LogP contribution in [0.2, 0.25) is 0 Å². The number of aromatic nitrogens is 1. The molecule has 0 aliphatic carbocycles. The van der Waals surface area contributed by atoms with Crippen molar-refractivity contribution in [2.75, 3.05) is 18.5 Å². The SMILES string of the molecule is O=[N+]([O-])c1ccc(Br)c(OCCNc2ccc(OCc3ccccc3)nc2OCc2ccccc2)c1. The second-order valence-corrected chi connectivity index (χ2v) is 8.55. The fourth-order valence-electron chi connectivity index (χ4n) is 3.27. The van der Waals surface area contributed by atoms with E-state index >= 15 is 0 Å². The fourth-order valence-corrected chi connectivity index (χ4v) is 3.63. The molecule has 3 aromatic carbocycles. The van der Waals surface area contributed by atoms with Crippen LogP contribution < -0.4 is 19.5 Å². The quantitative estimate of drug-likeness (QED) is 0.124. The maximum Gasteiger partial charge on any atom is 0.273 e. The standard InChI is InChI=1S/C27H24BrN3O5/c28-23-12-11-22(31(32)33)17-25(23)34-16-15-29-24-13-14-26(35-18-20-7-3-1-4-8-20)30-27(24)36-19-21-9-5-2-6-10-21/h1-14,17,29H,15-16,18-19H2. The Balaban J connectivity index is 1.40. The van der Waals surface area contributed by atoms with Crippen LogP contribution in [0.4, 0.5) is 11.4 Å². The van der Waals surface area contributed by atoms with Gasteiger partial charge in [-0.2, -0.15) is 4.98 Å². The molecule has 0 spiro atoms. The van der Waals surface area contributed by atoms with Crippen LogP contribution in [0.3, 0.4) is 0 Å². The number of nitrogens with one attached hydrogen (secondary N) is 1. The molecule has 0 bridgehead atoms. The molecule has 0 aliphatic rings. The van der Waals surface area contributed by atoms with Crippen LogP contribution in [0.5, 0.6) is 17.5 Å². The molecule has 36 heavy (non-hydrogen) atoms. The number of hydrogen-bond donors (Lipinski definition) is 1. The van der Waals surface area contributed by atoms with Gasteiger partial charge in [0.15, 0.2) is 0 Å². The summed E-state index contributed by atoms with van der Waals surface area (Å²) in [5, 5.41) is 14.3. The number of non-ortho nitro benzene ring substituents is 1. The van der Waals surface area contributed by atoms with Crippen LogP contribution in [0.1, 0.15) is 11.1 Å². The lowest BCUT2D eigenvalue weighted by molar-refractivity contribution is -0.385. The molecule has 0 unspecified atom stereocenters. The number of hydrogen-bond acceptors (Lipinski definition) is 7. The van der Waals surface area contributed by atoms with Gasteiger partial charge in [0, 0.05) is 18.7 Å². The van der Waals surface area contributed by atoms with Crippen molar-refractivity contribution >= 4 is 27.3 Å². The molecule has 0 atom stereocenters. The minimum atomic E-state index is -0.457. The van der Waals surface area contributed by atoms with Crippen LogP contribution >= 0.6 is 15.9 Å². The van der Waals surface area contributed by atoms with E-state index in [2.05, 4.69) is 26.2 Å². The number of nitro benzene ring substituents is 1. The average molecular weight is 550 g/mol. The highest BCUT2D eigenvalue weighted by molar-refractivity contribution is 9.10. The van der Waals surface area contributed by atoms with Crippen molar-refractivity contribution in [3.05, 3.63) is 117 Å². The van der Waals surface area contributed by atoms with Crippen molar-refractivity contribution in [1.29, 1.82) is 0 Å². The lowest BCUT2D eigenvalue weighted by atomic mass is 10.2. The van der Waals surface area contributed by atoms with Gasteiger partial charge < -0.3 is 19.5 Å². The number of rotatable bonds is 12. The molecule has 1 N–H and O–H groups in total. The molecule has 1 aromatic heterocycles. The lowest BCUT2D eigenvalue weighted by Gasteiger charge is -2.15. The van der Waals surface area contributed by atoms with Gasteiger partial charge >= 0.3 is 0 Å². The normalized spacial score (nSPS) is 10.5. The third kappa shape index (κ3) is 7.19. The molecule has 0 fully saturated rings. The Morgan fingerprint density at radius 1 is 0.833 bits per heavy atom. The first-order valence-electron chi connectivity index (χ1n) is 11.2. The van der Waals surface area contributed by atoms with Gasteiger partial charge in [0.25, 0.3) is 5.69 Å². The first-order chi connectivity index (χ1) is 17.6. The Morgan fingerprint density at radius 3 is 2.17 bits per heavy atom. The van der Waals surface area contributed by atoms with Gasteiger partial charge in [0.2, 0.25) is 11.8 Å². The fraction of sp³-hybridized carbons (Fsp3) is 0.148. The molecule has 0 saturated carbocycles. The third-order valence-electron chi connectivity index (χ3n) is 5.08. The van der Waals surface area contributed by atoms with E-state index in [0.29, 0.717) is 47.4 Å². The predicted molar refractivity (Wildman–Crippen MR) is 141 cm³/mol. The second kappa shape index (κ2) is 12.6. The highest BCUT2D eigenvalue weighted by atomic mass is 79.9. The molecule has 9 heteroatoms. The number of nitrogens with zero attached hydrogens (tertiary/aromatic N) is 2. The number of halogens is 1. The van der Waals surface area contributed by atoms with Crippen molar-refractivity contribution in [3.63, 3.8) is 0 Å². The summed E-state index contributed by atoms with van der Waals surface area (Å²) >= 11 is 3.36. The molecule has 0 amide bonds. The van der Waals surface area contributed by atoms with Gasteiger partial charge in [0.05, 0.1) is 21.1 Å². The maximum absolute atomic E-state index is 11.0. The van der Waals surface area contributed by atoms with E-state index in [1.807, 2.05) is 66.7 Å². The molecule has 0 radical (unpaired) electrons. The Hall–Kier alpha value is -4.11. The number of anilines is 1. The number of nitro groups is 1. The Labute approximate surface area is 217 Å². The smallest absolute Gasteiger partial charge is 0.273 e. The Kier molecular flexibility index (Phi) is 8.72. The van der Waals surface area contributed by atoms with E-state index < -0.39 is 4.92 Å². The molecule has 1 heterocycles. The Bertz CT molecular complexity index is 1290. The molecule has 4 rings (SSSR count). The van der Waals surface area contributed by atoms with E-state index in [0.717, 1.165) is 11.1 Å². The van der Waals surface area contributed by atoms with E-state index in [4.69, 9.17) is 14.2 Å². The van der Waals surface area contributed by atoms with Crippen molar-refractivity contribution < 1.29 is 19.1 Å². The summed E-state index contributed by atoms with van der Waals surface area (Å²) in [5.74, 6) is 1.25. The summed E-state index contributed by atoms with van der Waals surface area (Å²) in [6.45, 7) is 1.43. The minimum absolute atomic E-state index is 0.0342. The van der Waals surface area contributed by atoms with Crippen molar-refractivity contribution in [1.82, 2.24) is 4.98 Å². The lowest BCUT2D eigenvalue weighted by Crippen LogP contribution is -2.13. The van der Waals surface area contributed by atoms with E-state index in [1.165, 1.54) is 12.1 Å². The van der Waals surface area contributed by atoms with Crippen molar-refractivity contribution in [2.45, 2.75) is 13.2 Å². The zero-order chi connectivity index (χ0) is 25.2. The van der Waals surface area contributed by atoms with Crippen LogP contribution in [0.15, 0.2) is 95.5 Å². The first-order valence-corrected chi connectivity index (χ1v) is 12.0. The Morgan fingerprint density at radius 2 is 1.50 bits per heavy atom. The largest absolute Gasteiger partial charge is 0.490 e. The van der Waals surface area contributed by atoms with Crippen LogP contribution in [0.25, 0.3) is 0 Å². The maximum atomic E-state index is 11.0. The molecule has 0 saturated heterocycles. The topological polar surface area (TPSA) is 95.8 Å². The zero-order valence-electron chi connectivity index (χ0n) is 19.3. The average Bonchev–Trinajstić information content (AvgIpc) is 2.91. The molecule has 8 nitrogen and oxygen atoms in total. The van der Waals surface area contributed by atoms with Crippen molar-refractivity contribution in [3.8, 4) is 17.5 Å². The monoisotopic (exact) mass is 549 g/mol. The molecule has 0 aliphatic heterocycles. The highest BCUT2D eigenvalue weighted by Gasteiger charge is 2.12. The zero-order valence-corrected chi connectivity index (χ0v) is 20.9. The van der Waals surface area contributed by atoms with Gasteiger partial charge in [-0.15, -0.1) is 0 Å². The van der Waals surface area contributed by atoms with Gasteiger partial charge in [-0.1, -0.05) is 60.7 Å². The van der Waals surface area contributed by atoms with Gasteiger partial charge in [-0.25, -0.2) is 0 Å². The number of ether oxygens (including phenoxy) is 3. The molecule has 184 valence electrons. The summed E-state index contributed by atoms with van der Waals surface area (Å²) in [6, 6.07) is 27.7. The van der Waals surface area contributed by atoms with E-state index in [-0.39, 0.29) is 12.3 Å². The summed E-state index contributed by atoms with van der Waals surface area (Å²) < 4.78 is 18.2. The van der Waals surface area contributed by atoms with Gasteiger partial charge in [-0.05, 0) is 39.2 Å². The summed E-state index contributed by atoms with van der Waals surface area (Å²) in [6.07, 6.45) is 0. The second-order valence-electron chi connectivity index (χ2n) is 7.70. The third-order valence-corrected chi connectivity index (χ3v) is 5.74. The van der Waals surface area contributed by atoms with Gasteiger partial charge in [0.1, 0.15) is 25.6 Å². The molecular weight excluding hydrogens is 526 g/mol. The van der Waals surface area contributed by atoms with E-state index in [9.17, 15) is 10.1 Å².